The van der Waals surface area contributed by atoms with Gasteiger partial charge in [-0.05, 0) is 67.4 Å². The summed E-state index contributed by atoms with van der Waals surface area (Å²) in [6, 6.07) is 0. The summed E-state index contributed by atoms with van der Waals surface area (Å²) in [5, 5.41) is 0. The predicted octanol–water partition coefficient (Wildman–Crippen LogP) is 6.73. The van der Waals surface area contributed by atoms with Crippen molar-refractivity contribution in [2.75, 3.05) is 20.3 Å². The van der Waals surface area contributed by atoms with Crippen LogP contribution in [0.15, 0.2) is 11.6 Å². The maximum Gasteiger partial charge on any atom is 0.421 e. The van der Waals surface area contributed by atoms with E-state index in [1.54, 1.807) is 41.5 Å². The maximum atomic E-state index is 15.7. The van der Waals surface area contributed by atoms with Crippen molar-refractivity contribution in [3.8, 4) is 0 Å². The van der Waals surface area contributed by atoms with E-state index in [2.05, 4.69) is 0 Å². The van der Waals surface area contributed by atoms with Crippen LogP contribution in [0, 0.1) is 0 Å². The molecule has 0 aliphatic carbocycles. The Kier molecular flexibility index (Phi) is 13.3. The lowest BCUT2D eigenvalue weighted by Crippen LogP contribution is -2.59. The van der Waals surface area contributed by atoms with Gasteiger partial charge in [-0.2, -0.15) is 9.29 Å². The second-order valence-electron chi connectivity index (χ2n) is 10.3. The van der Waals surface area contributed by atoms with Crippen molar-refractivity contribution in [1.29, 1.82) is 0 Å². The highest BCUT2D eigenvalue weighted by Gasteiger charge is 2.51. The Bertz CT molecular complexity index is 790. The van der Waals surface area contributed by atoms with E-state index in [0.29, 0.717) is 31.8 Å². The molecule has 0 aliphatic heterocycles. The van der Waals surface area contributed by atoms with Crippen molar-refractivity contribution in [2.24, 2.45) is 0 Å². The first kappa shape index (κ1) is 34.0. The van der Waals surface area contributed by atoms with Crippen LogP contribution in [0.2, 0.25) is 0 Å². The zero-order valence-electron chi connectivity index (χ0n) is 23.3. The van der Waals surface area contributed by atoms with Gasteiger partial charge in [-0.3, -0.25) is 4.57 Å². The molecule has 36 heavy (non-hydrogen) atoms. The minimum atomic E-state index is -4.54. The van der Waals surface area contributed by atoms with E-state index in [4.69, 9.17) is 23.3 Å². The van der Waals surface area contributed by atoms with Crippen LogP contribution in [0.4, 0.5) is 14.0 Å². The first-order valence-corrected chi connectivity index (χ1v) is 13.5. The number of hydrogen-bond donors (Lipinski definition) is 0. The largest absolute Gasteiger partial charge is 0.467 e. The Morgan fingerprint density at radius 1 is 0.833 bits per heavy atom. The molecule has 0 bridgehead atoms. The second kappa shape index (κ2) is 14.1. The molecule has 0 fully saturated rings. The Balaban J connectivity index is 6.82. The van der Waals surface area contributed by atoms with Gasteiger partial charge >= 0.3 is 25.8 Å². The Morgan fingerprint density at radius 3 is 1.53 bits per heavy atom. The molecule has 0 heterocycles. The third-order valence-electron chi connectivity index (χ3n) is 4.40. The van der Waals surface area contributed by atoms with Gasteiger partial charge in [0.25, 0.3) is 0 Å². The zero-order chi connectivity index (χ0) is 28.4. The first-order chi connectivity index (χ1) is 16.4. The molecule has 0 N–H and O–H groups in total. The van der Waals surface area contributed by atoms with E-state index in [1.807, 2.05) is 13.8 Å². The molecule has 0 rings (SSSR count). The Hall–Kier alpha value is -1.97. The van der Waals surface area contributed by atoms with Crippen molar-refractivity contribution in [1.82, 2.24) is 4.90 Å². The van der Waals surface area contributed by atoms with Gasteiger partial charge in [0.1, 0.15) is 11.2 Å². The number of halogens is 1. The summed E-state index contributed by atoms with van der Waals surface area (Å²) in [4.78, 5) is 39.5. The molecule has 0 aliphatic rings. The van der Waals surface area contributed by atoms with Gasteiger partial charge < -0.3 is 23.3 Å². The molecular formula is C24H43FNO9P. The average Bonchev–Trinajstić information content (AvgIpc) is 2.70. The van der Waals surface area contributed by atoms with Crippen LogP contribution < -0.4 is 0 Å². The molecule has 0 saturated heterocycles. The van der Waals surface area contributed by atoms with Gasteiger partial charge in [0.05, 0.1) is 20.3 Å². The quantitative estimate of drug-likeness (QED) is 0.115. The normalized spacial score (nSPS) is 14.6. The fraction of sp³-hybridized carbons (Fsp3) is 0.792. The van der Waals surface area contributed by atoms with Gasteiger partial charge in [-0.15, -0.1) is 0 Å². The molecule has 0 aromatic carbocycles. The third-order valence-corrected chi connectivity index (χ3v) is 6.09. The molecular weight excluding hydrogens is 496 g/mol. The number of amides is 2. The summed E-state index contributed by atoms with van der Waals surface area (Å²) in [6.07, 6.45) is 0.238. The molecule has 12 heteroatoms. The SMILES string of the molecule is CCCCOP(=O)(OCCCC)/C(F)=C/C(C)(C(=O)OC)N(C(=O)OC(C)(C)C)C(=O)OC(C)(C)C. The number of esters is 1. The number of nitrogens with zero attached hydrogens (tertiary/aromatic N) is 1. The number of imide groups is 1. The van der Waals surface area contributed by atoms with E-state index < -0.39 is 48.1 Å². The highest BCUT2D eigenvalue weighted by molar-refractivity contribution is 7.58. The molecule has 1 atom stereocenters. The summed E-state index contributed by atoms with van der Waals surface area (Å²) in [5.74, 6) is -1.22. The molecule has 0 radical (unpaired) electrons. The number of rotatable bonds is 12. The molecule has 2 amide bonds. The van der Waals surface area contributed by atoms with E-state index in [1.165, 1.54) is 0 Å². The van der Waals surface area contributed by atoms with Crippen LogP contribution in [0.5, 0.6) is 0 Å². The number of methoxy groups -OCH3 is 1. The molecule has 0 aromatic heterocycles. The molecule has 0 spiro atoms. The lowest BCUT2D eigenvalue weighted by molar-refractivity contribution is -0.150. The molecule has 210 valence electrons. The van der Waals surface area contributed by atoms with Crippen molar-refractivity contribution in [2.45, 2.75) is 105 Å². The minimum absolute atomic E-state index is 0.0715. The highest BCUT2D eigenvalue weighted by Crippen LogP contribution is 2.57. The van der Waals surface area contributed by atoms with Crippen molar-refractivity contribution >= 4 is 25.8 Å². The fourth-order valence-electron chi connectivity index (χ4n) is 2.62. The van der Waals surface area contributed by atoms with E-state index >= 15 is 4.39 Å². The van der Waals surface area contributed by atoms with Crippen molar-refractivity contribution in [3.05, 3.63) is 11.6 Å². The molecule has 1 unspecified atom stereocenters. The molecule has 10 nitrogen and oxygen atoms in total. The first-order valence-electron chi connectivity index (χ1n) is 12.0. The van der Waals surface area contributed by atoms with Crippen LogP contribution in [0.3, 0.4) is 0 Å². The van der Waals surface area contributed by atoms with Crippen LogP contribution in [0.25, 0.3) is 0 Å². The summed E-state index contributed by atoms with van der Waals surface area (Å²) < 4.78 is 55.0. The van der Waals surface area contributed by atoms with Gasteiger partial charge in [-0.1, -0.05) is 26.7 Å². The number of hydrogen-bond acceptors (Lipinski definition) is 9. The minimum Gasteiger partial charge on any atom is -0.467 e. The number of ether oxygens (including phenoxy) is 3. The van der Waals surface area contributed by atoms with Crippen molar-refractivity contribution < 1.29 is 46.6 Å². The highest BCUT2D eigenvalue weighted by atomic mass is 31.2. The van der Waals surface area contributed by atoms with Gasteiger partial charge in [0.15, 0.2) is 5.54 Å². The summed E-state index contributed by atoms with van der Waals surface area (Å²) in [5.41, 5.74) is -6.10. The van der Waals surface area contributed by atoms with Gasteiger partial charge in [0.2, 0.25) is 5.57 Å². The maximum absolute atomic E-state index is 15.7. The third kappa shape index (κ3) is 11.0. The molecule has 0 saturated carbocycles. The molecule has 0 aromatic rings. The smallest absolute Gasteiger partial charge is 0.421 e. The Morgan fingerprint density at radius 2 is 1.22 bits per heavy atom. The predicted molar refractivity (Wildman–Crippen MR) is 133 cm³/mol. The van der Waals surface area contributed by atoms with E-state index in [9.17, 15) is 18.9 Å². The Labute approximate surface area is 214 Å². The van der Waals surface area contributed by atoms with Crippen LogP contribution in [-0.4, -0.2) is 60.1 Å². The summed E-state index contributed by atoms with van der Waals surface area (Å²) in [6.45, 7) is 13.9. The van der Waals surface area contributed by atoms with Crippen LogP contribution in [0.1, 0.15) is 88.0 Å². The fourth-order valence-corrected chi connectivity index (χ4v) is 4.09. The van der Waals surface area contributed by atoms with Gasteiger partial charge in [0, 0.05) is 0 Å². The van der Waals surface area contributed by atoms with E-state index in [0.717, 1.165) is 14.0 Å². The van der Waals surface area contributed by atoms with E-state index in [-0.39, 0.29) is 18.1 Å². The van der Waals surface area contributed by atoms with Gasteiger partial charge in [-0.25, -0.2) is 14.4 Å². The van der Waals surface area contributed by atoms with Crippen LogP contribution in [-0.2, 0) is 32.6 Å². The lowest BCUT2D eigenvalue weighted by atomic mass is 10.0. The standard InChI is InChI=1S/C24H43FNO9P/c1-11-13-15-32-36(30,33-16-14-12-2)18(25)17-24(9,19(27)31-10)26(20(28)34-22(3,4)5)21(29)35-23(6,7)8/h17H,11-16H2,1-10H3/b18-17+. The summed E-state index contributed by atoms with van der Waals surface area (Å²) >= 11 is 0. The zero-order valence-corrected chi connectivity index (χ0v) is 24.2. The number of carbonyl (C=O) groups excluding carboxylic acids is 3. The average molecular weight is 540 g/mol. The lowest BCUT2D eigenvalue weighted by Gasteiger charge is -2.37. The van der Waals surface area contributed by atoms with Crippen molar-refractivity contribution in [3.63, 3.8) is 0 Å². The number of unbranched alkanes of at least 4 members (excludes halogenated alkanes) is 2. The van der Waals surface area contributed by atoms with Crippen LogP contribution >= 0.6 is 7.60 Å². The second-order valence-corrected chi connectivity index (χ2v) is 12.2. The monoisotopic (exact) mass is 539 g/mol. The number of carbonyl (C=O) groups is 3. The topological polar surface area (TPSA) is 118 Å². The summed E-state index contributed by atoms with van der Waals surface area (Å²) in [7, 11) is -3.55.